The lowest BCUT2D eigenvalue weighted by Gasteiger charge is -1.99. The van der Waals surface area contributed by atoms with Crippen molar-refractivity contribution in [2.45, 2.75) is 13.8 Å². The summed E-state index contributed by atoms with van der Waals surface area (Å²) in [5.74, 6) is 0. The predicted molar refractivity (Wildman–Crippen MR) is 35.1 cm³/mol. The van der Waals surface area contributed by atoms with Crippen molar-refractivity contribution >= 4 is 17.2 Å². The summed E-state index contributed by atoms with van der Waals surface area (Å²) in [6.07, 6.45) is 0. The Balaban J connectivity index is 2.82. The summed E-state index contributed by atoms with van der Waals surface area (Å²) in [6.45, 7) is 4.73. The van der Waals surface area contributed by atoms with E-state index >= 15 is 0 Å². The molecule has 0 spiro atoms. The molecule has 0 aliphatic rings. The van der Waals surface area contributed by atoms with Crippen molar-refractivity contribution in [3.05, 3.63) is 0 Å². The Labute approximate surface area is 49.3 Å². The Morgan fingerprint density at radius 3 is 2.43 bits per heavy atom. The fourth-order valence-electron chi connectivity index (χ4n) is 0.213. The van der Waals surface area contributed by atoms with Crippen molar-refractivity contribution in [3.8, 4) is 0 Å². The second kappa shape index (κ2) is 4.02. The predicted octanol–water partition coefficient (Wildman–Crippen LogP) is 0.448. The van der Waals surface area contributed by atoms with Crippen LogP contribution in [0, 0.1) is 0 Å². The van der Waals surface area contributed by atoms with Gasteiger partial charge in [-0.15, -0.1) is 0 Å². The van der Waals surface area contributed by atoms with Crippen LogP contribution in [0.25, 0.3) is 0 Å². The Bertz CT molecular complexity index is 62.7. The van der Waals surface area contributed by atoms with Gasteiger partial charge < -0.3 is 5.43 Å². The number of rotatable bonds is 2. The van der Waals surface area contributed by atoms with Crippen molar-refractivity contribution in [2.24, 2.45) is 0 Å². The molecular formula is C4H10N2S. The first kappa shape index (κ1) is 6.85. The van der Waals surface area contributed by atoms with Crippen LogP contribution in [0.1, 0.15) is 13.8 Å². The first-order chi connectivity index (χ1) is 3.27. The molecule has 0 aliphatic carbocycles. The van der Waals surface area contributed by atoms with Crippen LogP contribution in [-0.2, 0) is 0 Å². The van der Waals surface area contributed by atoms with Gasteiger partial charge in [0, 0.05) is 6.54 Å². The second-order valence-electron chi connectivity index (χ2n) is 1.21. The molecule has 0 unspecified atom stereocenters. The van der Waals surface area contributed by atoms with E-state index in [1.807, 2.05) is 13.8 Å². The molecule has 0 amide bonds. The molecule has 0 heterocycles. The zero-order valence-electron chi connectivity index (χ0n) is 4.62. The lowest BCUT2D eigenvalue weighted by molar-refractivity contribution is 0.689. The highest BCUT2D eigenvalue weighted by atomic mass is 32.1. The van der Waals surface area contributed by atoms with Crippen molar-refractivity contribution < 1.29 is 0 Å². The van der Waals surface area contributed by atoms with Crippen LogP contribution in [0.3, 0.4) is 0 Å². The van der Waals surface area contributed by atoms with Crippen LogP contribution in [0.4, 0.5) is 0 Å². The molecule has 3 heteroatoms. The summed E-state index contributed by atoms with van der Waals surface area (Å²) in [4.78, 5) is 0.779. The zero-order chi connectivity index (χ0) is 5.70. The number of thiocarbonyl (C=S) groups is 1. The molecule has 0 aliphatic heterocycles. The molecule has 2 nitrogen and oxygen atoms in total. The highest BCUT2D eigenvalue weighted by molar-refractivity contribution is 7.80. The van der Waals surface area contributed by atoms with Crippen molar-refractivity contribution in [3.63, 3.8) is 0 Å². The van der Waals surface area contributed by atoms with Gasteiger partial charge in [-0.3, -0.25) is 0 Å². The summed E-state index contributed by atoms with van der Waals surface area (Å²) >= 11 is 4.69. The van der Waals surface area contributed by atoms with Gasteiger partial charge in [0.2, 0.25) is 0 Å². The van der Waals surface area contributed by atoms with Crippen molar-refractivity contribution in [1.82, 2.24) is 10.9 Å². The van der Waals surface area contributed by atoms with Crippen LogP contribution < -0.4 is 10.9 Å². The van der Waals surface area contributed by atoms with Gasteiger partial charge in [-0.05, 0) is 6.92 Å². The Hall–Kier alpha value is -0.150. The summed E-state index contributed by atoms with van der Waals surface area (Å²) < 4.78 is 0. The van der Waals surface area contributed by atoms with Gasteiger partial charge in [-0.25, -0.2) is 5.43 Å². The molecule has 0 atom stereocenters. The first-order valence-electron chi connectivity index (χ1n) is 2.26. The van der Waals surface area contributed by atoms with Gasteiger partial charge in [0.25, 0.3) is 0 Å². The van der Waals surface area contributed by atoms with Gasteiger partial charge in [0.05, 0.1) is 4.99 Å². The lowest BCUT2D eigenvalue weighted by Crippen LogP contribution is -2.34. The van der Waals surface area contributed by atoms with Crippen LogP contribution in [0.5, 0.6) is 0 Å². The average Bonchev–Trinajstić information content (AvgIpc) is 1.61. The maximum Gasteiger partial charge on any atom is 0.0863 e. The minimum Gasteiger partial charge on any atom is -0.316 e. The van der Waals surface area contributed by atoms with E-state index in [1.54, 1.807) is 0 Å². The minimum atomic E-state index is 0.779. The summed E-state index contributed by atoms with van der Waals surface area (Å²) in [7, 11) is 0. The summed E-state index contributed by atoms with van der Waals surface area (Å²) in [5, 5.41) is 0. The Kier molecular flexibility index (Phi) is 3.93. The number of hydrogen-bond acceptors (Lipinski definition) is 2. The van der Waals surface area contributed by atoms with E-state index in [1.165, 1.54) is 0 Å². The molecule has 0 rings (SSSR count). The van der Waals surface area contributed by atoms with Gasteiger partial charge in [-0.2, -0.15) is 0 Å². The van der Waals surface area contributed by atoms with Gasteiger partial charge in [0.1, 0.15) is 0 Å². The fraction of sp³-hybridized carbons (Fsp3) is 0.750. The summed E-state index contributed by atoms with van der Waals surface area (Å²) in [5.41, 5.74) is 5.63. The fourth-order valence-corrected chi connectivity index (χ4v) is 0.285. The normalized spacial score (nSPS) is 8.29. The quantitative estimate of drug-likeness (QED) is 0.406. The molecule has 0 saturated heterocycles. The molecule has 0 radical (unpaired) electrons. The van der Waals surface area contributed by atoms with Crippen LogP contribution in [0.2, 0.25) is 0 Å². The number of hydrazine groups is 1. The van der Waals surface area contributed by atoms with E-state index in [4.69, 9.17) is 0 Å². The number of nitrogens with one attached hydrogen (secondary N) is 2. The van der Waals surface area contributed by atoms with Crippen LogP contribution in [0.15, 0.2) is 0 Å². The molecule has 0 bridgehead atoms. The monoisotopic (exact) mass is 118 g/mol. The Morgan fingerprint density at radius 1 is 1.71 bits per heavy atom. The van der Waals surface area contributed by atoms with E-state index in [-0.39, 0.29) is 0 Å². The SMILES string of the molecule is CCNNC(C)=S. The van der Waals surface area contributed by atoms with Crippen LogP contribution >= 0.6 is 12.2 Å². The molecule has 0 fully saturated rings. The third-order valence-electron chi connectivity index (χ3n) is 0.441. The molecule has 0 aromatic carbocycles. The molecule has 2 N–H and O–H groups in total. The summed E-state index contributed by atoms with van der Waals surface area (Å²) in [6, 6.07) is 0. The largest absolute Gasteiger partial charge is 0.316 e. The molecule has 42 valence electrons. The van der Waals surface area contributed by atoms with Gasteiger partial charge in [-0.1, -0.05) is 19.1 Å². The highest BCUT2D eigenvalue weighted by Gasteiger charge is 1.76. The van der Waals surface area contributed by atoms with Gasteiger partial charge in [0.15, 0.2) is 0 Å². The zero-order valence-corrected chi connectivity index (χ0v) is 5.43. The molecule has 0 aromatic rings. The average molecular weight is 118 g/mol. The van der Waals surface area contributed by atoms with E-state index in [2.05, 4.69) is 23.1 Å². The number of hydrogen-bond donors (Lipinski definition) is 2. The van der Waals surface area contributed by atoms with Gasteiger partial charge >= 0.3 is 0 Å². The van der Waals surface area contributed by atoms with Crippen molar-refractivity contribution in [1.29, 1.82) is 0 Å². The minimum absolute atomic E-state index is 0.779. The standard InChI is InChI=1S/C4H10N2S/c1-3-5-6-4(2)7/h5H,3H2,1-2H3,(H,6,7). The lowest BCUT2D eigenvalue weighted by atomic mass is 10.8. The van der Waals surface area contributed by atoms with E-state index in [0.717, 1.165) is 11.5 Å². The smallest absolute Gasteiger partial charge is 0.0863 e. The van der Waals surface area contributed by atoms with E-state index < -0.39 is 0 Å². The maximum atomic E-state index is 4.69. The van der Waals surface area contributed by atoms with E-state index in [9.17, 15) is 0 Å². The van der Waals surface area contributed by atoms with Crippen molar-refractivity contribution in [2.75, 3.05) is 6.54 Å². The Morgan fingerprint density at radius 2 is 2.29 bits per heavy atom. The maximum absolute atomic E-state index is 4.69. The third-order valence-corrected chi connectivity index (χ3v) is 0.543. The molecule has 0 saturated carbocycles. The topological polar surface area (TPSA) is 24.1 Å². The van der Waals surface area contributed by atoms with Crippen LogP contribution in [-0.4, -0.2) is 11.5 Å². The first-order valence-corrected chi connectivity index (χ1v) is 2.67. The van der Waals surface area contributed by atoms with E-state index in [0.29, 0.717) is 0 Å². The molecule has 7 heavy (non-hydrogen) atoms. The molecule has 0 aromatic heterocycles. The molecular weight excluding hydrogens is 108 g/mol. The third kappa shape index (κ3) is 5.85. The highest BCUT2D eigenvalue weighted by Crippen LogP contribution is 1.59. The second-order valence-corrected chi connectivity index (χ2v) is 1.82.